The Morgan fingerprint density at radius 3 is 2.72 bits per heavy atom. The van der Waals surface area contributed by atoms with E-state index in [0.29, 0.717) is 23.9 Å². The third kappa shape index (κ3) is 3.82. The van der Waals surface area contributed by atoms with Crippen LogP contribution in [0.4, 0.5) is 8.78 Å². The molecule has 3 N–H and O–H groups in total. The summed E-state index contributed by atoms with van der Waals surface area (Å²) < 4.78 is 38.0. The first-order chi connectivity index (χ1) is 15.5. The zero-order valence-electron chi connectivity index (χ0n) is 17.5. The first-order valence-electron chi connectivity index (χ1n) is 10.6. The second-order valence-corrected chi connectivity index (χ2v) is 8.20. The van der Waals surface area contributed by atoms with Crippen molar-refractivity contribution in [2.45, 2.75) is 31.3 Å². The maximum Gasteiger partial charge on any atom is 0.247 e. The molecule has 4 heterocycles. The molecule has 0 saturated carbocycles. The van der Waals surface area contributed by atoms with Crippen LogP contribution in [-0.4, -0.2) is 54.0 Å². The molecule has 3 aliphatic heterocycles. The molecule has 2 unspecified atom stereocenters. The van der Waals surface area contributed by atoms with Gasteiger partial charge in [0.05, 0.1) is 19.4 Å². The molecule has 170 valence electrons. The van der Waals surface area contributed by atoms with Crippen LogP contribution in [0.5, 0.6) is 5.75 Å². The van der Waals surface area contributed by atoms with Crippen LogP contribution in [0.25, 0.3) is 0 Å². The maximum atomic E-state index is 14.0. The van der Waals surface area contributed by atoms with Crippen molar-refractivity contribution in [2.75, 3.05) is 26.7 Å². The fourth-order valence-corrected chi connectivity index (χ4v) is 4.63. The van der Waals surface area contributed by atoms with Gasteiger partial charge in [-0.3, -0.25) is 9.80 Å². The number of benzene rings is 1. The molecular weight excluding hydrogens is 422 g/mol. The molecule has 2 saturated heterocycles. The molecule has 1 amide bonds. The lowest BCUT2D eigenvalue weighted by molar-refractivity contribution is -0.119. The highest BCUT2D eigenvalue weighted by atomic mass is 19.1. The number of rotatable bonds is 5. The van der Waals surface area contributed by atoms with E-state index in [0.717, 1.165) is 31.6 Å². The number of carbonyl (C=O) groups excluding carboxylic acids is 1. The van der Waals surface area contributed by atoms with E-state index in [4.69, 9.17) is 9.26 Å². The maximum absolute atomic E-state index is 14.0. The Morgan fingerprint density at radius 1 is 1.25 bits per heavy atom. The Morgan fingerprint density at radius 2 is 2.00 bits per heavy atom. The molecule has 3 aliphatic rings. The fraction of sp³-hybridized carbons (Fsp3) is 0.476. The van der Waals surface area contributed by atoms with E-state index in [-0.39, 0.29) is 30.3 Å². The number of ether oxygens (including phenoxy) is 1. The number of allylic oxidation sites excluding steroid dienone is 1. The number of hydrogen-bond donors (Lipinski definition) is 3. The lowest BCUT2D eigenvalue weighted by atomic mass is 9.92. The molecule has 0 spiro atoms. The van der Waals surface area contributed by atoms with Crippen LogP contribution in [0, 0.1) is 17.6 Å². The predicted molar refractivity (Wildman–Crippen MR) is 108 cm³/mol. The molecule has 1 aromatic heterocycles. The van der Waals surface area contributed by atoms with Gasteiger partial charge < -0.3 is 19.9 Å². The van der Waals surface area contributed by atoms with E-state index in [1.807, 2.05) is 5.01 Å². The van der Waals surface area contributed by atoms with E-state index in [1.165, 1.54) is 19.2 Å². The second kappa shape index (κ2) is 8.47. The highest BCUT2D eigenvalue weighted by Gasteiger charge is 2.43. The SMILES string of the molecule is COc1c(F)cc(Cc2nc(C3CNN4C(C5CCNCC5)=CC(=O)NC34)no2)cc1F. The van der Waals surface area contributed by atoms with Crippen molar-refractivity contribution >= 4 is 5.91 Å². The van der Waals surface area contributed by atoms with Gasteiger partial charge in [-0.15, -0.1) is 0 Å². The van der Waals surface area contributed by atoms with Gasteiger partial charge >= 0.3 is 0 Å². The van der Waals surface area contributed by atoms with Gasteiger partial charge in [-0.1, -0.05) is 5.16 Å². The number of nitrogens with one attached hydrogen (secondary N) is 3. The quantitative estimate of drug-likeness (QED) is 0.629. The van der Waals surface area contributed by atoms with Crippen molar-refractivity contribution in [3.8, 4) is 5.75 Å². The number of piperidine rings is 1. The summed E-state index contributed by atoms with van der Waals surface area (Å²) in [5.74, 6) is -1.41. The number of hydrazine groups is 1. The molecular formula is C21H24F2N6O3. The van der Waals surface area contributed by atoms with E-state index in [9.17, 15) is 13.6 Å². The van der Waals surface area contributed by atoms with Gasteiger partial charge in [0.15, 0.2) is 23.2 Å². The minimum atomic E-state index is -0.792. The summed E-state index contributed by atoms with van der Waals surface area (Å²) in [7, 11) is 1.21. The third-order valence-corrected chi connectivity index (χ3v) is 6.18. The van der Waals surface area contributed by atoms with Gasteiger partial charge in [-0.05, 0) is 43.6 Å². The molecule has 0 bridgehead atoms. The number of hydrogen-bond acceptors (Lipinski definition) is 8. The van der Waals surface area contributed by atoms with Gasteiger partial charge in [0.2, 0.25) is 11.8 Å². The van der Waals surface area contributed by atoms with Gasteiger partial charge in [0.25, 0.3) is 0 Å². The molecule has 9 nitrogen and oxygen atoms in total. The fourth-order valence-electron chi connectivity index (χ4n) is 4.63. The molecule has 0 aliphatic carbocycles. The summed E-state index contributed by atoms with van der Waals surface area (Å²) >= 11 is 0. The van der Waals surface area contributed by atoms with Crippen molar-refractivity contribution in [3.05, 3.63) is 52.8 Å². The van der Waals surface area contributed by atoms with Crippen molar-refractivity contribution < 1.29 is 22.8 Å². The number of methoxy groups -OCH3 is 1. The van der Waals surface area contributed by atoms with Gasteiger partial charge in [-0.2, -0.15) is 4.98 Å². The normalized spacial score (nSPS) is 23.7. The van der Waals surface area contributed by atoms with Crippen LogP contribution in [0.2, 0.25) is 0 Å². The average Bonchev–Trinajstić information content (AvgIpc) is 3.40. The number of amides is 1. The van der Waals surface area contributed by atoms with Gasteiger partial charge in [0, 0.05) is 24.2 Å². The predicted octanol–water partition coefficient (Wildman–Crippen LogP) is 1.19. The average molecular weight is 446 g/mol. The number of fused-ring (bicyclic) bond motifs is 1. The standard InChI is InChI=1S/C21H24F2N6O3/c1-31-19-14(22)6-11(7-15(19)23)8-18-27-20(28-32-18)13-10-25-29-16(9-17(30)26-21(13)29)12-2-4-24-5-3-12/h6-7,9,12-13,21,24-25H,2-5,8,10H2,1H3,(H,26,30). The number of nitrogens with zero attached hydrogens (tertiary/aromatic N) is 3. The molecule has 5 rings (SSSR count). The summed E-state index contributed by atoms with van der Waals surface area (Å²) in [6.07, 6.45) is 3.34. The lowest BCUT2D eigenvalue weighted by Crippen LogP contribution is -2.54. The third-order valence-electron chi connectivity index (χ3n) is 6.18. The Kier molecular flexibility index (Phi) is 5.51. The Labute approximate surface area is 183 Å². The van der Waals surface area contributed by atoms with Crippen LogP contribution >= 0.6 is 0 Å². The van der Waals surface area contributed by atoms with Crippen LogP contribution < -0.4 is 20.8 Å². The van der Waals surface area contributed by atoms with Crippen LogP contribution in [-0.2, 0) is 11.2 Å². The monoisotopic (exact) mass is 446 g/mol. The van der Waals surface area contributed by atoms with Crippen LogP contribution in [0.3, 0.4) is 0 Å². The van der Waals surface area contributed by atoms with E-state index in [1.54, 1.807) is 6.08 Å². The summed E-state index contributed by atoms with van der Waals surface area (Å²) in [4.78, 5) is 16.8. The van der Waals surface area contributed by atoms with Gasteiger partial charge in [-0.25, -0.2) is 14.2 Å². The topological polar surface area (TPSA) is 105 Å². The smallest absolute Gasteiger partial charge is 0.247 e. The van der Waals surface area contributed by atoms with Crippen LogP contribution in [0.15, 0.2) is 28.4 Å². The summed E-state index contributed by atoms with van der Waals surface area (Å²) in [6.45, 7) is 2.37. The van der Waals surface area contributed by atoms with Crippen LogP contribution in [0.1, 0.15) is 36.0 Å². The Balaban J connectivity index is 1.33. The first-order valence-corrected chi connectivity index (χ1v) is 10.6. The second-order valence-electron chi connectivity index (χ2n) is 8.20. The van der Waals surface area contributed by atoms with Crippen molar-refractivity contribution in [3.63, 3.8) is 0 Å². The number of aromatic nitrogens is 2. The zero-order valence-corrected chi connectivity index (χ0v) is 17.5. The molecule has 32 heavy (non-hydrogen) atoms. The van der Waals surface area contributed by atoms with Crippen molar-refractivity contribution in [2.24, 2.45) is 5.92 Å². The summed E-state index contributed by atoms with van der Waals surface area (Å²) in [5, 5.41) is 12.4. The van der Waals surface area contributed by atoms with Gasteiger partial charge in [0.1, 0.15) is 6.17 Å². The zero-order chi connectivity index (χ0) is 22.2. The summed E-state index contributed by atoms with van der Waals surface area (Å²) in [6, 6.07) is 2.37. The van der Waals surface area contributed by atoms with E-state index in [2.05, 4.69) is 26.2 Å². The molecule has 2 atom stereocenters. The minimum Gasteiger partial charge on any atom is -0.491 e. The Bertz CT molecular complexity index is 1030. The first kappa shape index (κ1) is 20.8. The molecule has 1 aromatic carbocycles. The molecule has 2 fully saturated rings. The number of halogens is 2. The highest BCUT2D eigenvalue weighted by molar-refractivity contribution is 5.89. The largest absolute Gasteiger partial charge is 0.491 e. The van der Waals surface area contributed by atoms with E-state index >= 15 is 0 Å². The van der Waals surface area contributed by atoms with Crippen molar-refractivity contribution in [1.82, 2.24) is 31.2 Å². The lowest BCUT2D eigenvalue weighted by Gasteiger charge is -2.38. The highest BCUT2D eigenvalue weighted by Crippen LogP contribution is 2.34. The van der Waals surface area contributed by atoms with E-state index < -0.39 is 17.4 Å². The molecule has 2 aromatic rings. The Hall–Kier alpha value is -3.05. The molecule has 11 heteroatoms. The van der Waals surface area contributed by atoms with Crippen molar-refractivity contribution in [1.29, 1.82) is 0 Å². The molecule has 0 radical (unpaired) electrons. The number of carbonyl (C=O) groups is 1. The summed E-state index contributed by atoms with van der Waals surface area (Å²) in [5.41, 5.74) is 4.69. The minimum absolute atomic E-state index is 0.0753.